The van der Waals surface area contributed by atoms with Gasteiger partial charge in [0, 0.05) is 31.3 Å². The Kier molecular flexibility index (Phi) is 5.24. The summed E-state index contributed by atoms with van der Waals surface area (Å²) in [5.74, 6) is 1.82. The Hall–Kier alpha value is -1.75. The van der Waals surface area contributed by atoms with Crippen molar-refractivity contribution in [2.45, 2.75) is 12.7 Å². The number of rotatable bonds is 6. The Bertz CT molecular complexity index is 563. The minimum atomic E-state index is -0.0611. The van der Waals surface area contributed by atoms with Crippen LogP contribution in [0.15, 0.2) is 36.7 Å². The summed E-state index contributed by atoms with van der Waals surface area (Å²) in [6, 6.07) is 8.55. The van der Waals surface area contributed by atoms with E-state index in [2.05, 4.69) is 41.6 Å². The third-order valence-electron chi connectivity index (χ3n) is 2.89. The Morgan fingerprint density at radius 3 is 2.75 bits per heavy atom. The molecule has 0 spiro atoms. The minimum absolute atomic E-state index is 0.0611. The van der Waals surface area contributed by atoms with E-state index in [4.69, 9.17) is 0 Å². The summed E-state index contributed by atoms with van der Waals surface area (Å²) in [4.78, 5) is 11.8. The fourth-order valence-corrected chi connectivity index (χ4v) is 2.57. The van der Waals surface area contributed by atoms with Crippen molar-refractivity contribution in [2.24, 2.45) is 7.05 Å². The third kappa shape index (κ3) is 4.42. The molecule has 1 heterocycles. The molecule has 20 heavy (non-hydrogen) atoms. The molecule has 0 aliphatic heterocycles. The van der Waals surface area contributed by atoms with Crippen LogP contribution in [0, 0.1) is 6.92 Å². The zero-order valence-electron chi connectivity index (χ0n) is 11.8. The molecule has 0 aliphatic rings. The smallest absolute Gasteiger partial charge is 0.254 e. The van der Waals surface area contributed by atoms with Gasteiger partial charge in [-0.05, 0) is 12.5 Å². The van der Waals surface area contributed by atoms with Crippen LogP contribution in [-0.4, -0.2) is 28.0 Å². The molecule has 2 aromatic rings. The number of aryl methyl sites for hydroxylation is 2. The largest absolute Gasteiger partial charge is 0.351 e. The van der Waals surface area contributed by atoms with E-state index < -0.39 is 0 Å². The maximum Gasteiger partial charge on any atom is 0.254 e. The van der Waals surface area contributed by atoms with Crippen molar-refractivity contribution in [2.75, 3.05) is 12.3 Å². The van der Waals surface area contributed by atoms with Gasteiger partial charge in [-0.2, -0.15) is 16.9 Å². The van der Waals surface area contributed by atoms with E-state index in [1.807, 2.05) is 11.8 Å². The SMILES string of the molecule is Cc1ccc(CSCCNC(=O)c2cnn(C)c2)cc1. The lowest BCUT2D eigenvalue weighted by Crippen LogP contribution is -2.25. The molecular formula is C15H19N3OS. The first-order valence-electron chi connectivity index (χ1n) is 6.55. The second-order valence-electron chi connectivity index (χ2n) is 4.70. The molecule has 1 N–H and O–H groups in total. The fourth-order valence-electron chi connectivity index (χ4n) is 1.75. The number of carbonyl (C=O) groups excluding carboxylic acids is 1. The predicted molar refractivity (Wildman–Crippen MR) is 82.9 cm³/mol. The van der Waals surface area contributed by atoms with Crippen LogP contribution >= 0.6 is 11.8 Å². The molecule has 1 aromatic heterocycles. The summed E-state index contributed by atoms with van der Waals surface area (Å²) in [7, 11) is 1.80. The van der Waals surface area contributed by atoms with Gasteiger partial charge >= 0.3 is 0 Å². The van der Waals surface area contributed by atoms with Crippen LogP contribution in [0.4, 0.5) is 0 Å². The molecule has 0 atom stereocenters. The van der Waals surface area contributed by atoms with Crippen molar-refractivity contribution in [1.29, 1.82) is 0 Å². The molecule has 0 unspecified atom stereocenters. The van der Waals surface area contributed by atoms with E-state index in [1.165, 1.54) is 11.1 Å². The third-order valence-corrected chi connectivity index (χ3v) is 3.92. The van der Waals surface area contributed by atoms with Gasteiger partial charge in [0.15, 0.2) is 0 Å². The second-order valence-corrected chi connectivity index (χ2v) is 5.80. The Morgan fingerprint density at radius 1 is 1.35 bits per heavy atom. The van der Waals surface area contributed by atoms with Gasteiger partial charge in [0.25, 0.3) is 5.91 Å². The Labute approximate surface area is 123 Å². The zero-order chi connectivity index (χ0) is 14.4. The van der Waals surface area contributed by atoms with Crippen LogP contribution in [0.5, 0.6) is 0 Å². The number of thioether (sulfide) groups is 1. The highest BCUT2D eigenvalue weighted by Crippen LogP contribution is 2.12. The van der Waals surface area contributed by atoms with Gasteiger partial charge < -0.3 is 5.32 Å². The molecule has 2 rings (SSSR count). The summed E-state index contributed by atoms with van der Waals surface area (Å²) in [6.07, 6.45) is 3.30. The van der Waals surface area contributed by atoms with E-state index >= 15 is 0 Å². The Balaban J connectivity index is 1.64. The van der Waals surface area contributed by atoms with Crippen LogP contribution in [-0.2, 0) is 12.8 Å². The number of amides is 1. The molecule has 106 valence electrons. The second kappa shape index (κ2) is 7.14. The van der Waals surface area contributed by atoms with Gasteiger partial charge in [0.2, 0.25) is 0 Å². The van der Waals surface area contributed by atoms with Gasteiger partial charge in [-0.1, -0.05) is 29.8 Å². The fraction of sp³-hybridized carbons (Fsp3) is 0.333. The standard InChI is InChI=1S/C15H19N3OS/c1-12-3-5-13(6-4-12)11-20-8-7-16-15(19)14-9-17-18(2)10-14/h3-6,9-10H,7-8,11H2,1-2H3,(H,16,19). The highest BCUT2D eigenvalue weighted by molar-refractivity contribution is 7.98. The summed E-state index contributed by atoms with van der Waals surface area (Å²) in [5, 5.41) is 6.87. The maximum atomic E-state index is 11.8. The van der Waals surface area contributed by atoms with Crippen molar-refractivity contribution >= 4 is 17.7 Å². The molecule has 0 saturated heterocycles. The molecule has 4 nitrogen and oxygen atoms in total. The summed E-state index contributed by atoms with van der Waals surface area (Å²) in [6.45, 7) is 2.76. The van der Waals surface area contributed by atoms with E-state index in [9.17, 15) is 4.79 Å². The number of nitrogens with zero attached hydrogens (tertiary/aromatic N) is 2. The van der Waals surface area contributed by atoms with E-state index in [0.29, 0.717) is 12.1 Å². The number of aromatic nitrogens is 2. The normalized spacial score (nSPS) is 10.5. The van der Waals surface area contributed by atoms with Crippen LogP contribution in [0.25, 0.3) is 0 Å². The average molecular weight is 289 g/mol. The highest BCUT2D eigenvalue weighted by atomic mass is 32.2. The molecule has 5 heteroatoms. The Morgan fingerprint density at radius 2 is 2.10 bits per heavy atom. The van der Waals surface area contributed by atoms with Gasteiger partial charge in [0.1, 0.15) is 0 Å². The molecule has 0 saturated carbocycles. The van der Waals surface area contributed by atoms with Crippen molar-refractivity contribution in [1.82, 2.24) is 15.1 Å². The summed E-state index contributed by atoms with van der Waals surface area (Å²) >= 11 is 1.82. The molecule has 1 amide bonds. The first-order valence-corrected chi connectivity index (χ1v) is 7.71. The topological polar surface area (TPSA) is 46.9 Å². The van der Waals surface area contributed by atoms with Gasteiger partial charge in [-0.15, -0.1) is 0 Å². The van der Waals surface area contributed by atoms with E-state index in [1.54, 1.807) is 24.1 Å². The molecule has 0 aliphatic carbocycles. The number of hydrogen-bond donors (Lipinski definition) is 1. The number of nitrogens with one attached hydrogen (secondary N) is 1. The van der Waals surface area contributed by atoms with Crippen molar-refractivity contribution in [3.05, 3.63) is 53.3 Å². The summed E-state index contributed by atoms with van der Waals surface area (Å²) in [5.41, 5.74) is 3.21. The van der Waals surface area contributed by atoms with Gasteiger partial charge in [-0.25, -0.2) is 0 Å². The lowest BCUT2D eigenvalue weighted by atomic mass is 10.2. The predicted octanol–water partition coefficient (Wildman–Crippen LogP) is 2.39. The molecule has 0 fully saturated rings. The van der Waals surface area contributed by atoms with Crippen molar-refractivity contribution in [3.63, 3.8) is 0 Å². The number of hydrogen-bond acceptors (Lipinski definition) is 3. The lowest BCUT2D eigenvalue weighted by Gasteiger charge is -2.04. The number of benzene rings is 1. The molecule has 1 aromatic carbocycles. The first-order chi connectivity index (χ1) is 9.65. The zero-order valence-corrected chi connectivity index (χ0v) is 12.6. The van der Waals surface area contributed by atoms with E-state index in [0.717, 1.165) is 11.5 Å². The average Bonchev–Trinajstić information content (AvgIpc) is 2.87. The maximum absolute atomic E-state index is 11.8. The molecule has 0 bridgehead atoms. The quantitative estimate of drug-likeness (QED) is 0.831. The minimum Gasteiger partial charge on any atom is -0.351 e. The summed E-state index contributed by atoms with van der Waals surface area (Å²) < 4.78 is 1.63. The monoisotopic (exact) mass is 289 g/mol. The van der Waals surface area contributed by atoms with Crippen LogP contribution in [0.2, 0.25) is 0 Å². The van der Waals surface area contributed by atoms with Crippen LogP contribution in [0.3, 0.4) is 0 Å². The van der Waals surface area contributed by atoms with Gasteiger partial charge in [-0.3, -0.25) is 9.48 Å². The number of carbonyl (C=O) groups is 1. The van der Waals surface area contributed by atoms with Gasteiger partial charge in [0.05, 0.1) is 11.8 Å². The first kappa shape index (κ1) is 14.7. The van der Waals surface area contributed by atoms with Crippen molar-refractivity contribution in [3.8, 4) is 0 Å². The molecular weight excluding hydrogens is 270 g/mol. The highest BCUT2D eigenvalue weighted by Gasteiger charge is 2.06. The van der Waals surface area contributed by atoms with Crippen LogP contribution < -0.4 is 5.32 Å². The van der Waals surface area contributed by atoms with Crippen molar-refractivity contribution < 1.29 is 4.79 Å². The molecule has 0 radical (unpaired) electrons. The van der Waals surface area contributed by atoms with E-state index in [-0.39, 0.29) is 5.91 Å². The lowest BCUT2D eigenvalue weighted by molar-refractivity contribution is 0.0956. The van der Waals surface area contributed by atoms with Crippen LogP contribution in [0.1, 0.15) is 21.5 Å².